The molecule has 0 spiro atoms. The van der Waals surface area contributed by atoms with Crippen LogP contribution in [0.4, 0.5) is 11.4 Å². The van der Waals surface area contributed by atoms with Gasteiger partial charge in [-0.05, 0) is 37.3 Å². The van der Waals surface area contributed by atoms with Crippen molar-refractivity contribution in [3.8, 4) is 0 Å². The van der Waals surface area contributed by atoms with Gasteiger partial charge < -0.3 is 10.4 Å². The first-order valence-electron chi connectivity index (χ1n) is 5.75. The highest BCUT2D eigenvalue weighted by atomic mass is 16.6. The Hall–Kier alpha value is -1.62. The van der Waals surface area contributed by atoms with Gasteiger partial charge in [0.25, 0.3) is 5.69 Å². The average molecular weight is 236 g/mol. The van der Waals surface area contributed by atoms with E-state index < -0.39 is 11.0 Å². The lowest BCUT2D eigenvalue weighted by atomic mass is 10.1. The number of nitro benzene ring substituents is 1. The van der Waals surface area contributed by atoms with Gasteiger partial charge in [0, 0.05) is 12.6 Å². The van der Waals surface area contributed by atoms with Crippen LogP contribution in [0.3, 0.4) is 0 Å². The van der Waals surface area contributed by atoms with Gasteiger partial charge in [-0.2, -0.15) is 0 Å². The normalized spacial score (nSPS) is 16.6. The number of rotatable bonds is 5. The highest BCUT2D eigenvalue weighted by Gasteiger charge is 2.29. The molecule has 1 saturated carbocycles. The lowest BCUT2D eigenvalue weighted by Crippen LogP contribution is -2.21. The predicted molar refractivity (Wildman–Crippen MR) is 65.1 cm³/mol. The first-order valence-corrected chi connectivity index (χ1v) is 5.75. The van der Waals surface area contributed by atoms with Gasteiger partial charge >= 0.3 is 0 Å². The molecule has 0 heterocycles. The molecule has 2 N–H and O–H groups in total. The number of nitrogens with zero attached hydrogens (tertiary/aromatic N) is 1. The van der Waals surface area contributed by atoms with Crippen LogP contribution in [0.25, 0.3) is 0 Å². The van der Waals surface area contributed by atoms with E-state index in [1.165, 1.54) is 6.07 Å². The second-order valence-corrected chi connectivity index (χ2v) is 4.56. The Kier molecular flexibility index (Phi) is 3.28. The van der Waals surface area contributed by atoms with E-state index in [9.17, 15) is 15.2 Å². The zero-order chi connectivity index (χ0) is 12.4. The van der Waals surface area contributed by atoms with Gasteiger partial charge in [0.1, 0.15) is 5.69 Å². The maximum atomic E-state index is 10.8. The monoisotopic (exact) mass is 236 g/mol. The van der Waals surface area contributed by atoms with Crippen LogP contribution in [0.1, 0.15) is 18.4 Å². The maximum Gasteiger partial charge on any atom is 0.292 e. The highest BCUT2D eigenvalue weighted by Crippen LogP contribution is 2.33. The van der Waals surface area contributed by atoms with Crippen LogP contribution < -0.4 is 5.32 Å². The molecule has 0 aromatic heterocycles. The van der Waals surface area contributed by atoms with Crippen LogP contribution in [0.2, 0.25) is 0 Å². The summed E-state index contributed by atoms with van der Waals surface area (Å²) in [5.74, 6) is 0.367. The van der Waals surface area contributed by atoms with Crippen molar-refractivity contribution in [1.82, 2.24) is 0 Å². The minimum absolute atomic E-state index is 0.0543. The van der Waals surface area contributed by atoms with Crippen LogP contribution in [0.5, 0.6) is 0 Å². The van der Waals surface area contributed by atoms with Gasteiger partial charge in [0.15, 0.2) is 0 Å². The quantitative estimate of drug-likeness (QED) is 0.606. The third kappa shape index (κ3) is 2.94. The second-order valence-electron chi connectivity index (χ2n) is 4.56. The molecule has 0 radical (unpaired) electrons. The fourth-order valence-corrected chi connectivity index (χ4v) is 1.81. The van der Waals surface area contributed by atoms with Crippen LogP contribution >= 0.6 is 0 Å². The molecule has 1 aliphatic rings. The first kappa shape index (κ1) is 11.9. The van der Waals surface area contributed by atoms with Crippen molar-refractivity contribution in [3.63, 3.8) is 0 Å². The summed E-state index contributed by atoms with van der Waals surface area (Å²) in [4.78, 5) is 10.4. The van der Waals surface area contributed by atoms with E-state index in [0.29, 0.717) is 18.2 Å². The van der Waals surface area contributed by atoms with Gasteiger partial charge in [-0.25, -0.2) is 0 Å². The fourth-order valence-electron chi connectivity index (χ4n) is 1.81. The lowest BCUT2D eigenvalue weighted by Gasteiger charge is -2.12. The Labute approximate surface area is 99.6 Å². The molecule has 0 bridgehead atoms. The van der Waals surface area contributed by atoms with Crippen LogP contribution in [0.15, 0.2) is 18.2 Å². The van der Waals surface area contributed by atoms with Crippen LogP contribution in [-0.4, -0.2) is 22.7 Å². The Bertz CT molecular complexity index is 430. The SMILES string of the molecule is Cc1ccc([N+](=O)[O-])c(NCC(O)C2CC2)c1. The second kappa shape index (κ2) is 4.71. The molecule has 1 aromatic rings. The van der Waals surface area contributed by atoms with E-state index in [2.05, 4.69) is 5.32 Å². The molecule has 0 aliphatic heterocycles. The van der Waals surface area contributed by atoms with Crippen molar-refractivity contribution < 1.29 is 10.0 Å². The zero-order valence-electron chi connectivity index (χ0n) is 9.72. The number of nitro groups is 1. The standard InChI is InChI=1S/C12H16N2O3/c1-8-2-5-11(14(16)17)10(6-8)13-7-12(15)9-3-4-9/h2,5-6,9,12-13,15H,3-4,7H2,1H3. The van der Waals surface area contributed by atoms with E-state index in [4.69, 9.17) is 0 Å². The number of aryl methyl sites for hydroxylation is 1. The van der Waals surface area contributed by atoms with Gasteiger partial charge in [-0.15, -0.1) is 0 Å². The van der Waals surface area contributed by atoms with Crippen molar-refractivity contribution >= 4 is 11.4 Å². The summed E-state index contributed by atoms with van der Waals surface area (Å²) < 4.78 is 0. The molecule has 0 saturated heterocycles. The van der Waals surface area contributed by atoms with Crippen molar-refractivity contribution in [2.45, 2.75) is 25.9 Å². The number of aliphatic hydroxyl groups is 1. The summed E-state index contributed by atoms with van der Waals surface area (Å²) in [5, 5.41) is 23.5. The highest BCUT2D eigenvalue weighted by molar-refractivity contribution is 5.62. The van der Waals surface area contributed by atoms with Crippen molar-refractivity contribution in [1.29, 1.82) is 0 Å². The van der Waals surface area contributed by atoms with Gasteiger partial charge in [-0.3, -0.25) is 10.1 Å². The fraction of sp³-hybridized carbons (Fsp3) is 0.500. The molecule has 92 valence electrons. The smallest absolute Gasteiger partial charge is 0.292 e. The Balaban J connectivity index is 2.07. The van der Waals surface area contributed by atoms with Gasteiger partial charge in [0.05, 0.1) is 11.0 Å². The van der Waals surface area contributed by atoms with E-state index in [0.717, 1.165) is 18.4 Å². The summed E-state index contributed by atoms with van der Waals surface area (Å²) in [6.07, 6.45) is 1.70. The van der Waals surface area contributed by atoms with Gasteiger partial charge in [0.2, 0.25) is 0 Å². The molecule has 1 fully saturated rings. The molecule has 1 aromatic carbocycles. The zero-order valence-corrected chi connectivity index (χ0v) is 9.72. The number of nitrogens with one attached hydrogen (secondary N) is 1. The molecule has 1 aliphatic carbocycles. The Morgan fingerprint density at radius 2 is 2.29 bits per heavy atom. The molecule has 17 heavy (non-hydrogen) atoms. The Morgan fingerprint density at radius 3 is 2.88 bits per heavy atom. The molecular formula is C12H16N2O3. The first-order chi connectivity index (χ1) is 8.08. The van der Waals surface area contributed by atoms with E-state index >= 15 is 0 Å². The van der Waals surface area contributed by atoms with Crippen molar-refractivity contribution in [3.05, 3.63) is 33.9 Å². The van der Waals surface area contributed by atoms with E-state index in [1.807, 2.05) is 6.92 Å². The molecule has 1 atom stereocenters. The number of aliphatic hydroxyl groups excluding tert-OH is 1. The van der Waals surface area contributed by atoms with Crippen LogP contribution in [0, 0.1) is 23.0 Å². The predicted octanol–water partition coefficient (Wildman–Crippen LogP) is 2.09. The molecule has 5 nitrogen and oxygen atoms in total. The topological polar surface area (TPSA) is 75.4 Å². The number of benzene rings is 1. The minimum Gasteiger partial charge on any atom is -0.391 e. The molecule has 5 heteroatoms. The summed E-state index contributed by atoms with van der Waals surface area (Å²) in [7, 11) is 0. The van der Waals surface area contributed by atoms with Crippen molar-refractivity contribution in [2.75, 3.05) is 11.9 Å². The Morgan fingerprint density at radius 1 is 1.59 bits per heavy atom. The molecule has 2 rings (SSSR count). The summed E-state index contributed by atoms with van der Waals surface area (Å²) in [6.45, 7) is 2.25. The summed E-state index contributed by atoms with van der Waals surface area (Å²) >= 11 is 0. The molecule has 1 unspecified atom stereocenters. The van der Waals surface area contributed by atoms with E-state index in [1.54, 1.807) is 12.1 Å². The molecular weight excluding hydrogens is 220 g/mol. The lowest BCUT2D eigenvalue weighted by molar-refractivity contribution is -0.384. The van der Waals surface area contributed by atoms with Gasteiger partial charge in [-0.1, -0.05) is 6.07 Å². The maximum absolute atomic E-state index is 10.8. The average Bonchev–Trinajstić information content (AvgIpc) is 3.09. The minimum atomic E-state index is -0.411. The van der Waals surface area contributed by atoms with Crippen molar-refractivity contribution in [2.24, 2.45) is 5.92 Å². The summed E-state index contributed by atoms with van der Waals surface area (Å²) in [6, 6.07) is 4.93. The number of hydrogen-bond acceptors (Lipinski definition) is 4. The van der Waals surface area contributed by atoms with Crippen LogP contribution in [-0.2, 0) is 0 Å². The molecule has 0 amide bonds. The number of anilines is 1. The van der Waals surface area contributed by atoms with E-state index in [-0.39, 0.29) is 5.69 Å². The largest absolute Gasteiger partial charge is 0.391 e. The third-order valence-electron chi connectivity index (χ3n) is 3.02. The number of hydrogen-bond donors (Lipinski definition) is 2. The third-order valence-corrected chi connectivity index (χ3v) is 3.02. The summed E-state index contributed by atoms with van der Waals surface area (Å²) in [5.41, 5.74) is 1.49.